The number of anilines is 1. The third-order valence-electron chi connectivity index (χ3n) is 5.65. The Balaban J connectivity index is 1.44. The molecular weight excluding hydrogens is 474 g/mol. The van der Waals surface area contributed by atoms with Gasteiger partial charge in [0.2, 0.25) is 0 Å². The SMILES string of the molecule is COc1ccc(Oc2cc(NC(=O)c3cnn4c(-c5ccc(C)cc5)ccnc34)cc([N+](=O)[O-])c2)cc1. The Morgan fingerprint density at radius 2 is 1.70 bits per heavy atom. The number of nitro benzene ring substituents is 1. The van der Waals surface area contributed by atoms with E-state index in [2.05, 4.69) is 15.4 Å². The quantitative estimate of drug-likeness (QED) is 0.228. The lowest BCUT2D eigenvalue weighted by Gasteiger charge is -2.10. The van der Waals surface area contributed by atoms with Gasteiger partial charge in [0.15, 0.2) is 5.65 Å². The van der Waals surface area contributed by atoms with Crippen molar-refractivity contribution in [3.8, 4) is 28.5 Å². The molecule has 0 bridgehead atoms. The van der Waals surface area contributed by atoms with Crippen molar-refractivity contribution in [3.05, 3.63) is 106 Å². The molecule has 5 aromatic rings. The molecule has 1 amide bonds. The number of ether oxygens (including phenoxy) is 2. The average Bonchev–Trinajstić information content (AvgIpc) is 3.34. The maximum Gasteiger partial charge on any atom is 0.275 e. The van der Waals surface area contributed by atoms with E-state index in [-0.39, 0.29) is 22.7 Å². The fraction of sp³-hybridized carbons (Fsp3) is 0.0741. The standard InChI is InChI=1S/C27H21N5O5/c1-17-3-5-18(6-4-17)25-11-12-28-26-24(16-29-31(25)26)27(33)30-19-13-20(32(34)35)15-23(14-19)37-22-9-7-21(36-2)8-10-22/h3-16H,1-2H3,(H,30,33). The molecule has 0 aliphatic rings. The molecule has 10 heteroatoms. The van der Waals surface area contributed by atoms with Crippen LogP contribution in [-0.4, -0.2) is 32.5 Å². The Kier molecular flexibility index (Phi) is 6.21. The number of fused-ring (bicyclic) bond motifs is 1. The van der Waals surface area contributed by atoms with E-state index in [0.29, 0.717) is 17.1 Å². The summed E-state index contributed by atoms with van der Waals surface area (Å²) in [7, 11) is 1.55. The molecule has 184 valence electrons. The number of methoxy groups -OCH3 is 1. The highest BCUT2D eigenvalue weighted by molar-refractivity contribution is 6.08. The molecule has 0 saturated carbocycles. The monoisotopic (exact) mass is 495 g/mol. The lowest BCUT2D eigenvalue weighted by atomic mass is 10.1. The molecule has 0 saturated heterocycles. The summed E-state index contributed by atoms with van der Waals surface area (Å²) in [5, 5.41) is 18.6. The summed E-state index contributed by atoms with van der Waals surface area (Å²) >= 11 is 0. The van der Waals surface area contributed by atoms with Crippen LogP contribution in [0.5, 0.6) is 17.2 Å². The predicted molar refractivity (Wildman–Crippen MR) is 137 cm³/mol. The summed E-state index contributed by atoms with van der Waals surface area (Å²) < 4.78 is 12.5. The highest BCUT2D eigenvalue weighted by Gasteiger charge is 2.19. The summed E-state index contributed by atoms with van der Waals surface area (Å²) in [5.74, 6) is 0.773. The molecular formula is C27H21N5O5. The molecule has 5 rings (SSSR count). The van der Waals surface area contributed by atoms with Gasteiger partial charge < -0.3 is 14.8 Å². The number of aromatic nitrogens is 3. The highest BCUT2D eigenvalue weighted by atomic mass is 16.6. The van der Waals surface area contributed by atoms with E-state index >= 15 is 0 Å². The van der Waals surface area contributed by atoms with Gasteiger partial charge in [-0.1, -0.05) is 29.8 Å². The third-order valence-corrected chi connectivity index (χ3v) is 5.65. The summed E-state index contributed by atoms with van der Waals surface area (Å²) in [6.07, 6.45) is 3.03. The van der Waals surface area contributed by atoms with Crippen LogP contribution in [0.1, 0.15) is 15.9 Å². The topological polar surface area (TPSA) is 121 Å². The van der Waals surface area contributed by atoms with E-state index in [1.807, 2.05) is 37.3 Å². The van der Waals surface area contributed by atoms with Crippen LogP contribution in [0.4, 0.5) is 11.4 Å². The van der Waals surface area contributed by atoms with E-state index < -0.39 is 10.8 Å². The number of carbonyl (C=O) groups is 1. The zero-order chi connectivity index (χ0) is 25.9. The van der Waals surface area contributed by atoms with Gasteiger partial charge in [0, 0.05) is 23.9 Å². The second-order valence-electron chi connectivity index (χ2n) is 8.19. The first kappa shape index (κ1) is 23.5. The van der Waals surface area contributed by atoms with Gasteiger partial charge in [-0.15, -0.1) is 0 Å². The third kappa shape index (κ3) is 4.94. The molecule has 0 aliphatic heterocycles. The maximum absolute atomic E-state index is 13.2. The second-order valence-corrected chi connectivity index (χ2v) is 8.19. The van der Waals surface area contributed by atoms with Crippen molar-refractivity contribution in [1.29, 1.82) is 0 Å². The number of hydrogen-bond donors (Lipinski definition) is 1. The van der Waals surface area contributed by atoms with Crippen LogP contribution in [0.15, 0.2) is 85.2 Å². The number of amides is 1. The van der Waals surface area contributed by atoms with Crippen molar-refractivity contribution in [3.63, 3.8) is 0 Å². The summed E-state index contributed by atoms with van der Waals surface area (Å²) in [6.45, 7) is 2.00. The molecule has 3 aromatic carbocycles. The van der Waals surface area contributed by atoms with E-state index in [1.165, 1.54) is 24.4 Å². The van der Waals surface area contributed by atoms with Crippen LogP contribution in [-0.2, 0) is 0 Å². The van der Waals surface area contributed by atoms with Gasteiger partial charge >= 0.3 is 0 Å². The van der Waals surface area contributed by atoms with Crippen LogP contribution in [0.3, 0.4) is 0 Å². The first-order valence-corrected chi connectivity index (χ1v) is 11.2. The lowest BCUT2D eigenvalue weighted by Crippen LogP contribution is -2.12. The molecule has 0 unspecified atom stereocenters. The fourth-order valence-electron chi connectivity index (χ4n) is 3.79. The number of non-ortho nitro benzene ring substituents is 1. The van der Waals surface area contributed by atoms with Crippen molar-refractivity contribution in [1.82, 2.24) is 14.6 Å². The first-order valence-electron chi connectivity index (χ1n) is 11.2. The summed E-state index contributed by atoms with van der Waals surface area (Å²) in [5.41, 5.74) is 3.36. The van der Waals surface area contributed by atoms with Gasteiger partial charge in [-0.3, -0.25) is 14.9 Å². The van der Waals surface area contributed by atoms with Gasteiger partial charge in [0.1, 0.15) is 22.8 Å². The van der Waals surface area contributed by atoms with E-state index in [9.17, 15) is 14.9 Å². The van der Waals surface area contributed by atoms with Crippen molar-refractivity contribution in [2.75, 3.05) is 12.4 Å². The molecule has 0 fully saturated rings. The summed E-state index contributed by atoms with van der Waals surface area (Å²) in [4.78, 5) is 28.5. The van der Waals surface area contributed by atoms with Crippen LogP contribution < -0.4 is 14.8 Å². The van der Waals surface area contributed by atoms with Crippen molar-refractivity contribution < 1.29 is 19.2 Å². The van der Waals surface area contributed by atoms with Crippen molar-refractivity contribution in [2.45, 2.75) is 6.92 Å². The van der Waals surface area contributed by atoms with E-state index in [4.69, 9.17) is 9.47 Å². The number of carbonyl (C=O) groups excluding carboxylic acids is 1. The average molecular weight is 495 g/mol. The smallest absolute Gasteiger partial charge is 0.275 e. The molecule has 10 nitrogen and oxygen atoms in total. The van der Waals surface area contributed by atoms with Crippen LogP contribution in [0, 0.1) is 17.0 Å². The first-order chi connectivity index (χ1) is 17.9. The molecule has 0 atom stereocenters. The van der Waals surface area contributed by atoms with Gasteiger partial charge in [-0.05, 0) is 37.3 Å². The number of aryl methyl sites for hydroxylation is 1. The number of nitro groups is 1. The zero-order valence-electron chi connectivity index (χ0n) is 19.9. The van der Waals surface area contributed by atoms with E-state index in [0.717, 1.165) is 16.8 Å². The van der Waals surface area contributed by atoms with Gasteiger partial charge in [0.05, 0.1) is 35.7 Å². The van der Waals surface area contributed by atoms with Gasteiger partial charge in [-0.25, -0.2) is 9.50 Å². The zero-order valence-corrected chi connectivity index (χ0v) is 19.9. The van der Waals surface area contributed by atoms with Gasteiger partial charge in [0.25, 0.3) is 11.6 Å². The number of nitrogens with zero attached hydrogens (tertiary/aromatic N) is 4. The Labute approximate surface area is 211 Å². The number of nitrogens with one attached hydrogen (secondary N) is 1. The van der Waals surface area contributed by atoms with E-state index in [1.54, 1.807) is 42.1 Å². The van der Waals surface area contributed by atoms with Crippen molar-refractivity contribution in [2.24, 2.45) is 0 Å². The summed E-state index contributed by atoms with van der Waals surface area (Å²) in [6, 6.07) is 20.6. The molecule has 1 N–H and O–H groups in total. The number of hydrogen-bond acceptors (Lipinski definition) is 7. The van der Waals surface area contributed by atoms with Crippen LogP contribution in [0.2, 0.25) is 0 Å². The Hall–Kier alpha value is -5.25. The Morgan fingerprint density at radius 3 is 2.41 bits per heavy atom. The van der Waals surface area contributed by atoms with Crippen LogP contribution in [0.25, 0.3) is 16.9 Å². The lowest BCUT2D eigenvalue weighted by molar-refractivity contribution is -0.384. The molecule has 37 heavy (non-hydrogen) atoms. The Morgan fingerprint density at radius 1 is 0.973 bits per heavy atom. The van der Waals surface area contributed by atoms with Gasteiger partial charge in [-0.2, -0.15) is 5.10 Å². The molecule has 2 aromatic heterocycles. The Bertz CT molecular complexity index is 1610. The molecule has 2 heterocycles. The predicted octanol–water partition coefficient (Wildman–Crippen LogP) is 5.67. The maximum atomic E-state index is 13.2. The fourth-order valence-corrected chi connectivity index (χ4v) is 3.79. The largest absolute Gasteiger partial charge is 0.497 e. The highest BCUT2D eigenvalue weighted by Crippen LogP contribution is 2.31. The molecule has 0 aliphatic carbocycles. The normalized spacial score (nSPS) is 10.8. The number of benzene rings is 3. The molecule has 0 spiro atoms. The minimum absolute atomic E-state index is 0.189. The van der Waals surface area contributed by atoms with Crippen molar-refractivity contribution >= 4 is 22.9 Å². The second kappa shape index (κ2) is 9.78. The van der Waals surface area contributed by atoms with Crippen LogP contribution >= 0.6 is 0 Å². The molecule has 0 radical (unpaired) electrons. The minimum atomic E-state index is -0.554. The number of rotatable bonds is 7. The minimum Gasteiger partial charge on any atom is -0.497 e.